The van der Waals surface area contributed by atoms with Crippen LogP contribution in [0.25, 0.3) is 0 Å². The number of nitrogens with one attached hydrogen (secondary N) is 1. The Balaban J connectivity index is 2.16. The van der Waals surface area contributed by atoms with E-state index < -0.39 is 6.23 Å². The molecule has 0 aromatic carbocycles. The summed E-state index contributed by atoms with van der Waals surface area (Å²) in [4.78, 5) is 6.16. The minimum absolute atomic E-state index is 0.439. The highest BCUT2D eigenvalue weighted by molar-refractivity contribution is 14.1. The number of nitrogens with zero attached hydrogens (tertiary/aromatic N) is 2. The lowest BCUT2D eigenvalue weighted by Gasteiger charge is -2.34. The van der Waals surface area contributed by atoms with Crippen LogP contribution in [-0.2, 0) is 0 Å². The van der Waals surface area contributed by atoms with Gasteiger partial charge in [0.1, 0.15) is 9.93 Å². The molecule has 1 aliphatic heterocycles. The normalized spacial score (nSPS) is 22.4. The Morgan fingerprint density at radius 3 is 3.07 bits per heavy atom. The van der Waals surface area contributed by atoms with Crippen LogP contribution in [0, 0.1) is 3.70 Å². The van der Waals surface area contributed by atoms with Crippen molar-refractivity contribution in [3.8, 4) is 0 Å². The average Bonchev–Trinajstić information content (AvgIpc) is 2.20. The predicted molar refractivity (Wildman–Crippen MR) is 63.2 cm³/mol. The van der Waals surface area contributed by atoms with Gasteiger partial charge in [-0.1, -0.05) is 0 Å². The van der Waals surface area contributed by atoms with E-state index in [1.54, 1.807) is 6.20 Å². The number of aromatic nitrogens is 1. The Hall–Kier alpha value is -0.400. The number of anilines is 1. The Morgan fingerprint density at radius 1 is 1.57 bits per heavy atom. The molecule has 1 aliphatic rings. The zero-order chi connectivity index (χ0) is 9.97. The molecule has 2 N–H and O–H groups in total. The number of hydrogen-bond acceptors (Lipinski definition) is 4. The Bertz CT molecular complexity index is 303. The van der Waals surface area contributed by atoms with E-state index in [0.29, 0.717) is 6.54 Å². The van der Waals surface area contributed by atoms with Crippen LogP contribution in [0.4, 0.5) is 5.69 Å². The molecular formula is C9H12IN3O. The number of aliphatic hydroxyl groups is 1. The topological polar surface area (TPSA) is 48.4 Å². The van der Waals surface area contributed by atoms with Crippen LogP contribution in [0.15, 0.2) is 18.3 Å². The lowest BCUT2D eigenvalue weighted by molar-refractivity contribution is 0.151. The van der Waals surface area contributed by atoms with Gasteiger partial charge < -0.3 is 15.3 Å². The van der Waals surface area contributed by atoms with Crippen LogP contribution >= 0.6 is 22.6 Å². The molecule has 76 valence electrons. The number of aliphatic hydroxyl groups excluding tert-OH is 1. The zero-order valence-electron chi connectivity index (χ0n) is 7.65. The van der Waals surface area contributed by atoms with E-state index in [9.17, 15) is 5.11 Å². The summed E-state index contributed by atoms with van der Waals surface area (Å²) in [5, 5.41) is 12.9. The van der Waals surface area contributed by atoms with Crippen molar-refractivity contribution in [1.29, 1.82) is 0 Å². The summed E-state index contributed by atoms with van der Waals surface area (Å²) in [5.74, 6) is 0. The SMILES string of the molecule is OC1CNCCN1c1ccc(I)nc1. The number of hydrogen-bond donors (Lipinski definition) is 2. The molecule has 2 rings (SSSR count). The molecule has 2 heterocycles. The largest absolute Gasteiger partial charge is 0.372 e. The van der Waals surface area contributed by atoms with Gasteiger partial charge in [0.25, 0.3) is 0 Å². The first-order valence-corrected chi connectivity index (χ1v) is 5.62. The van der Waals surface area contributed by atoms with Crippen molar-refractivity contribution in [2.75, 3.05) is 24.5 Å². The molecule has 1 unspecified atom stereocenters. The molecule has 1 atom stereocenters. The van der Waals surface area contributed by atoms with Gasteiger partial charge in [0.2, 0.25) is 0 Å². The maximum atomic E-state index is 9.73. The van der Waals surface area contributed by atoms with E-state index >= 15 is 0 Å². The molecule has 5 heteroatoms. The minimum Gasteiger partial charge on any atom is -0.372 e. The first kappa shape index (κ1) is 10.1. The lowest BCUT2D eigenvalue weighted by Crippen LogP contribution is -2.51. The van der Waals surface area contributed by atoms with Crippen molar-refractivity contribution >= 4 is 28.3 Å². The van der Waals surface area contributed by atoms with E-state index in [0.717, 1.165) is 22.5 Å². The smallest absolute Gasteiger partial charge is 0.139 e. The minimum atomic E-state index is -0.439. The Kier molecular flexibility index (Phi) is 3.19. The van der Waals surface area contributed by atoms with Crippen molar-refractivity contribution in [2.45, 2.75) is 6.23 Å². The number of piperazine rings is 1. The third-order valence-corrected chi connectivity index (χ3v) is 2.90. The molecule has 4 nitrogen and oxygen atoms in total. The van der Waals surface area contributed by atoms with Crippen LogP contribution in [0.5, 0.6) is 0 Å². The molecule has 0 bridgehead atoms. The van der Waals surface area contributed by atoms with Gasteiger partial charge >= 0.3 is 0 Å². The molecule has 1 fully saturated rings. The third-order valence-electron chi connectivity index (χ3n) is 2.26. The van der Waals surface area contributed by atoms with Gasteiger partial charge in [-0.25, -0.2) is 4.98 Å². The third kappa shape index (κ3) is 2.15. The van der Waals surface area contributed by atoms with E-state index in [1.165, 1.54) is 0 Å². The first-order valence-electron chi connectivity index (χ1n) is 4.54. The highest BCUT2D eigenvalue weighted by Crippen LogP contribution is 2.16. The van der Waals surface area contributed by atoms with Crippen molar-refractivity contribution in [2.24, 2.45) is 0 Å². The van der Waals surface area contributed by atoms with Crippen molar-refractivity contribution in [3.05, 3.63) is 22.0 Å². The maximum Gasteiger partial charge on any atom is 0.139 e. The van der Waals surface area contributed by atoms with Gasteiger partial charge in [-0.05, 0) is 34.7 Å². The quantitative estimate of drug-likeness (QED) is 0.583. The zero-order valence-corrected chi connectivity index (χ0v) is 9.81. The second-order valence-electron chi connectivity index (χ2n) is 3.22. The first-order chi connectivity index (χ1) is 6.77. The molecule has 1 aromatic heterocycles. The molecule has 1 saturated heterocycles. The fraction of sp³-hybridized carbons (Fsp3) is 0.444. The van der Waals surface area contributed by atoms with Crippen LogP contribution in [-0.4, -0.2) is 36.0 Å². The van der Waals surface area contributed by atoms with Crippen LogP contribution in [0.3, 0.4) is 0 Å². The molecule has 0 saturated carbocycles. The van der Waals surface area contributed by atoms with Gasteiger partial charge in [0.05, 0.1) is 11.9 Å². The summed E-state index contributed by atoms with van der Waals surface area (Å²) in [5.41, 5.74) is 0.986. The molecule has 0 radical (unpaired) electrons. The summed E-state index contributed by atoms with van der Waals surface area (Å²) in [6.07, 6.45) is 1.36. The standard InChI is InChI=1S/C9H12IN3O/c10-8-2-1-7(5-12-8)13-4-3-11-6-9(13)14/h1-2,5,9,11,14H,3-4,6H2. The van der Waals surface area contributed by atoms with Crippen molar-refractivity contribution in [1.82, 2.24) is 10.3 Å². The average molecular weight is 305 g/mol. The summed E-state index contributed by atoms with van der Waals surface area (Å²) < 4.78 is 0.968. The maximum absolute atomic E-state index is 9.73. The number of rotatable bonds is 1. The van der Waals surface area contributed by atoms with Gasteiger partial charge in [0.15, 0.2) is 0 Å². The number of halogens is 1. The molecule has 14 heavy (non-hydrogen) atoms. The monoisotopic (exact) mass is 305 g/mol. The van der Waals surface area contributed by atoms with E-state index in [2.05, 4.69) is 32.9 Å². The fourth-order valence-electron chi connectivity index (χ4n) is 1.53. The van der Waals surface area contributed by atoms with Crippen LogP contribution in [0.2, 0.25) is 0 Å². The van der Waals surface area contributed by atoms with Gasteiger partial charge in [-0.2, -0.15) is 0 Å². The van der Waals surface area contributed by atoms with Gasteiger partial charge in [0, 0.05) is 19.6 Å². The van der Waals surface area contributed by atoms with Crippen molar-refractivity contribution < 1.29 is 5.11 Å². The Morgan fingerprint density at radius 2 is 2.43 bits per heavy atom. The highest BCUT2D eigenvalue weighted by Gasteiger charge is 2.19. The lowest BCUT2D eigenvalue weighted by atomic mass is 10.3. The number of pyridine rings is 1. The fourth-order valence-corrected chi connectivity index (χ4v) is 1.85. The van der Waals surface area contributed by atoms with E-state index in [4.69, 9.17) is 0 Å². The second-order valence-corrected chi connectivity index (χ2v) is 4.32. The predicted octanol–water partition coefficient (Wildman–Crippen LogP) is 0.414. The van der Waals surface area contributed by atoms with E-state index in [-0.39, 0.29) is 0 Å². The Labute approximate surface area is 96.5 Å². The molecule has 1 aromatic rings. The molecule has 0 amide bonds. The second kappa shape index (κ2) is 4.41. The summed E-state index contributed by atoms with van der Waals surface area (Å²) >= 11 is 2.17. The molecular weight excluding hydrogens is 293 g/mol. The summed E-state index contributed by atoms with van der Waals surface area (Å²) in [6.45, 7) is 2.35. The van der Waals surface area contributed by atoms with Crippen LogP contribution in [0.1, 0.15) is 0 Å². The van der Waals surface area contributed by atoms with Crippen LogP contribution < -0.4 is 10.2 Å². The number of β-amino-alcohol motifs (C(OH)–C–C–N with tert-alkyl or cyclic N) is 1. The molecule has 0 spiro atoms. The van der Waals surface area contributed by atoms with Crippen molar-refractivity contribution in [3.63, 3.8) is 0 Å². The van der Waals surface area contributed by atoms with Gasteiger partial charge in [-0.3, -0.25) is 0 Å². The summed E-state index contributed by atoms with van der Waals surface area (Å²) in [6, 6.07) is 3.94. The molecule has 0 aliphatic carbocycles. The summed E-state index contributed by atoms with van der Waals surface area (Å²) in [7, 11) is 0. The highest BCUT2D eigenvalue weighted by atomic mass is 127. The van der Waals surface area contributed by atoms with E-state index in [1.807, 2.05) is 17.0 Å². The van der Waals surface area contributed by atoms with Gasteiger partial charge in [-0.15, -0.1) is 0 Å².